The van der Waals surface area contributed by atoms with Gasteiger partial charge in [-0.3, -0.25) is 9.59 Å². The van der Waals surface area contributed by atoms with Crippen LogP contribution in [0.25, 0.3) is 0 Å². The number of carbonyl (C=O) groups is 2. The van der Waals surface area contributed by atoms with E-state index in [2.05, 4.69) is 4.98 Å². The molecule has 0 unspecified atom stereocenters. The Bertz CT molecular complexity index is 998. The largest absolute Gasteiger partial charge is 0.481 e. The first-order chi connectivity index (χ1) is 14.6. The highest BCUT2D eigenvalue weighted by atomic mass is 16.5. The molecule has 8 nitrogen and oxygen atoms in total. The Morgan fingerprint density at radius 1 is 1.17 bits per heavy atom. The number of likely N-dealkylation sites (tertiary alicyclic amines) is 1. The fourth-order valence-corrected chi connectivity index (χ4v) is 5.02. The molecule has 3 fully saturated rings. The molecule has 156 valence electrons. The van der Waals surface area contributed by atoms with Gasteiger partial charge in [-0.15, -0.1) is 0 Å². The highest BCUT2D eigenvalue weighted by Gasteiger charge is 2.65. The Morgan fingerprint density at radius 3 is 2.70 bits per heavy atom. The van der Waals surface area contributed by atoms with Gasteiger partial charge in [0.25, 0.3) is 5.91 Å². The van der Waals surface area contributed by atoms with Gasteiger partial charge in [-0.1, -0.05) is 30.3 Å². The number of benzene rings is 1. The maximum absolute atomic E-state index is 13.4. The van der Waals surface area contributed by atoms with Crippen LogP contribution in [0.1, 0.15) is 34.8 Å². The zero-order valence-electron chi connectivity index (χ0n) is 16.9. The van der Waals surface area contributed by atoms with Crippen molar-refractivity contribution < 1.29 is 23.8 Å². The number of carbonyl (C=O) groups excluding carboxylic acids is 2. The van der Waals surface area contributed by atoms with E-state index < -0.39 is 5.72 Å². The van der Waals surface area contributed by atoms with Gasteiger partial charge in [0.05, 0.1) is 39.3 Å². The lowest BCUT2D eigenvalue weighted by atomic mass is 10.0. The topological polar surface area (TPSA) is 81.2 Å². The molecule has 1 aromatic carbocycles. The first-order valence-corrected chi connectivity index (χ1v) is 10.00. The molecule has 2 amide bonds. The normalized spacial score (nSPS) is 27.2. The summed E-state index contributed by atoms with van der Waals surface area (Å²) in [7, 11) is 2.97. The Balaban J connectivity index is 1.45. The first kappa shape index (κ1) is 18.9. The standard InChI is InChI=1S/C22H23N3O5/c1-28-18-9-8-15(20(23-18)29-2)21(27)24-11-10-22-17(24)12-19(26)25(22)16(13-30-22)14-6-4-3-5-7-14/h3-9,16-17H,10-13H2,1-2H3/t16-,17+,22-/m0/s1. The van der Waals surface area contributed by atoms with Gasteiger partial charge in [-0.25, -0.2) is 0 Å². The highest BCUT2D eigenvalue weighted by molar-refractivity contribution is 5.98. The van der Waals surface area contributed by atoms with Gasteiger partial charge in [0, 0.05) is 19.0 Å². The number of methoxy groups -OCH3 is 2. The molecule has 3 aliphatic rings. The minimum atomic E-state index is -0.764. The number of rotatable bonds is 4. The minimum absolute atomic E-state index is 0.0173. The number of ether oxygens (including phenoxy) is 3. The summed E-state index contributed by atoms with van der Waals surface area (Å²) in [5.74, 6) is 0.373. The minimum Gasteiger partial charge on any atom is -0.481 e. The number of aromatic nitrogens is 1. The van der Waals surface area contributed by atoms with E-state index in [1.54, 1.807) is 17.0 Å². The number of hydrogen-bond acceptors (Lipinski definition) is 6. The summed E-state index contributed by atoms with van der Waals surface area (Å²) < 4.78 is 16.7. The Kier molecular flexibility index (Phi) is 4.39. The number of pyridine rings is 1. The van der Waals surface area contributed by atoms with Gasteiger partial charge in [0.2, 0.25) is 17.7 Å². The predicted molar refractivity (Wildman–Crippen MR) is 106 cm³/mol. The molecule has 0 N–H and O–H groups in total. The van der Waals surface area contributed by atoms with Crippen molar-refractivity contribution in [3.05, 3.63) is 53.6 Å². The number of hydrogen-bond donors (Lipinski definition) is 0. The number of nitrogens with zero attached hydrogens (tertiary/aromatic N) is 3. The predicted octanol–water partition coefficient (Wildman–Crippen LogP) is 2.01. The summed E-state index contributed by atoms with van der Waals surface area (Å²) in [6.45, 7) is 0.936. The van der Waals surface area contributed by atoms with Crippen molar-refractivity contribution in [3.63, 3.8) is 0 Å². The molecule has 0 bridgehead atoms. The third-order valence-corrected chi connectivity index (χ3v) is 6.37. The van der Waals surface area contributed by atoms with Crippen LogP contribution >= 0.6 is 0 Å². The highest BCUT2D eigenvalue weighted by Crippen LogP contribution is 2.51. The summed E-state index contributed by atoms with van der Waals surface area (Å²) in [6.07, 6.45) is 0.839. The van der Waals surface area contributed by atoms with Crippen molar-refractivity contribution in [2.24, 2.45) is 0 Å². The molecule has 4 heterocycles. The van der Waals surface area contributed by atoms with Crippen LogP contribution in [0, 0.1) is 0 Å². The molecular formula is C22H23N3O5. The first-order valence-electron chi connectivity index (χ1n) is 10.00. The molecule has 3 atom stereocenters. The van der Waals surface area contributed by atoms with Gasteiger partial charge in [-0.2, -0.15) is 4.98 Å². The van der Waals surface area contributed by atoms with Crippen LogP contribution in [-0.4, -0.2) is 65.7 Å². The van der Waals surface area contributed by atoms with Crippen LogP contribution in [0.3, 0.4) is 0 Å². The van der Waals surface area contributed by atoms with Crippen molar-refractivity contribution in [1.82, 2.24) is 14.8 Å². The Morgan fingerprint density at radius 2 is 1.97 bits per heavy atom. The third kappa shape index (κ3) is 2.60. The second-order valence-electron chi connectivity index (χ2n) is 7.72. The number of amides is 2. The fraction of sp³-hybridized carbons (Fsp3) is 0.409. The van der Waals surface area contributed by atoms with E-state index in [0.717, 1.165) is 5.56 Å². The lowest BCUT2D eigenvalue weighted by molar-refractivity contribution is -0.138. The Labute approximate surface area is 174 Å². The van der Waals surface area contributed by atoms with Crippen LogP contribution in [0.2, 0.25) is 0 Å². The fourth-order valence-electron chi connectivity index (χ4n) is 5.02. The summed E-state index contributed by atoms with van der Waals surface area (Å²) in [5.41, 5.74) is 0.633. The van der Waals surface area contributed by atoms with Crippen molar-refractivity contribution in [1.29, 1.82) is 0 Å². The zero-order chi connectivity index (χ0) is 20.9. The average molecular weight is 409 g/mol. The SMILES string of the molecule is COc1ccc(C(=O)N2CC[C@@]34OC[C@@H](c5ccccc5)N3C(=O)C[C@@H]24)c(OC)n1. The van der Waals surface area contributed by atoms with Gasteiger partial charge >= 0.3 is 0 Å². The van der Waals surface area contributed by atoms with E-state index in [0.29, 0.717) is 31.0 Å². The molecule has 2 aromatic rings. The van der Waals surface area contributed by atoms with Gasteiger partial charge < -0.3 is 24.0 Å². The summed E-state index contributed by atoms with van der Waals surface area (Å²) in [5, 5.41) is 0. The van der Waals surface area contributed by atoms with Crippen LogP contribution < -0.4 is 9.47 Å². The van der Waals surface area contributed by atoms with Crippen LogP contribution in [0.15, 0.2) is 42.5 Å². The van der Waals surface area contributed by atoms with Crippen LogP contribution in [0.5, 0.6) is 11.8 Å². The molecule has 30 heavy (non-hydrogen) atoms. The molecule has 0 saturated carbocycles. The van der Waals surface area contributed by atoms with E-state index >= 15 is 0 Å². The molecule has 1 aromatic heterocycles. The van der Waals surface area contributed by atoms with E-state index in [1.807, 2.05) is 35.2 Å². The quantitative estimate of drug-likeness (QED) is 0.769. The van der Waals surface area contributed by atoms with Gasteiger partial charge in [0.15, 0.2) is 5.72 Å². The second-order valence-corrected chi connectivity index (χ2v) is 7.72. The van der Waals surface area contributed by atoms with Crippen molar-refractivity contribution in [2.45, 2.75) is 30.7 Å². The van der Waals surface area contributed by atoms with Gasteiger partial charge in [0.1, 0.15) is 5.56 Å². The average Bonchev–Trinajstić information content (AvgIpc) is 3.42. The molecule has 0 aliphatic carbocycles. The molecule has 5 rings (SSSR count). The molecule has 3 aliphatic heterocycles. The van der Waals surface area contributed by atoms with E-state index in [4.69, 9.17) is 14.2 Å². The van der Waals surface area contributed by atoms with E-state index in [-0.39, 0.29) is 36.2 Å². The second kappa shape index (κ2) is 6.98. The molecule has 8 heteroatoms. The van der Waals surface area contributed by atoms with Crippen LogP contribution in [-0.2, 0) is 9.53 Å². The van der Waals surface area contributed by atoms with Crippen molar-refractivity contribution >= 4 is 11.8 Å². The molecule has 3 saturated heterocycles. The lowest BCUT2D eigenvalue weighted by Gasteiger charge is -2.33. The monoisotopic (exact) mass is 409 g/mol. The maximum atomic E-state index is 13.4. The molecular weight excluding hydrogens is 386 g/mol. The van der Waals surface area contributed by atoms with Crippen molar-refractivity contribution in [3.8, 4) is 11.8 Å². The van der Waals surface area contributed by atoms with Gasteiger partial charge in [-0.05, 0) is 11.6 Å². The third-order valence-electron chi connectivity index (χ3n) is 6.37. The maximum Gasteiger partial charge on any atom is 0.259 e. The lowest BCUT2D eigenvalue weighted by Crippen LogP contribution is -2.49. The van der Waals surface area contributed by atoms with Crippen molar-refractivity contribution in [2.75, 3.05) is 27.4 Å². The van der Waals surface area contributed by atoms with E-state index in [9.17, 15) is 9.59 Å². The van der Waals surface area contributed by atoms with E-state index in [1.165, 1.54) is 14.2 Å². The molecule has 1 spiro atoms. The molecule has 0 radical (unpaired) electrons. The summed E-state index contributed by atoms with van der Waals surface area (Å²) in [6, 6.07) is 12.7. The summed E-state index contributed by atoms with van der Waals surface area (Å²) >= 11 is 0. The zero-order valence-corrected chi connectivity index (χ0v) is 16.9. The summed E-state index contributed by atoms with van der Waals surface area (Å²) in [4.78, 5) is 34.2. The smallest absolute Gasteiger partial charge is 0.259 e. The van der Waals surface area contributed by atoms with Crippen LogP contribution in [0.4, 0.5) is 0 Å². The Hall–Kier alpha value is -3.13.